The van der Waals surface area contributed by atoms with Crippen molar-refractivity contribution in [3.8, 4) is 0 Å². The van der Waals surface area contributed by atoms with Crippen LogP contribution in [0.25, 0.3) is 0 Å². The normalized spacial score (nSPS) is 21.5. The highest BCUT2D eigenvalue weighted by Gasteiger charge is 2.36. The Morgan fingerprint density at radius 3 is 2.64 bits per heavy atom. The van der Waals surface area contributed by atoms with Crippen molar-refractivity contribution in [2.75, 3.05) is 11.4 Å². The first kappa shape index (κ1) is 12.9. The van der Waals surface area contributed by atoms with Gasteiger partial charge in [0.1, 0.15) is 6.17 Å². The Morgan fingerprint density at radius 1 is 1.09 bits per heavy atom. The van der Waals surface area contributed by atoms with Gasteiger partial charge in [-0.15, -0.1) is 0 Å². The molecular formula is C17H15N3O2. The molecule has 0 radical (unpaired) electrons. The molecular weight excluding hydrogens is 278 g/mol. The zero-order chi connectivity index (χ0) is 15.1. The lowest BCUT2D eigenvalue weighted by molar-refractivity contribution is 0.0926. The SMILES string of the molecule is O=C1NC(c2ccccc2)N2CCC(=NO)c3cccc1c32. The summed E-state index contributed by atoms with van der Waals surface area (Å²) in [6.07, 6.45) is 0.453. The summed E-state index contributed by atoms with van der Waals surface area (Å²) in [6, 6.07) is 15.4. The van der Waals surface area contributed by atoms with E-state index in [2.05, 4.69) is 15.4 Å². The highest BCUT2D eigenvalue weighted by atomic mass is 16.4. The Hall–Kier alpha value is -2.82. The van der Waals surface area contributed by atoms with Gasteiger partial charge in [-0.05, 0) is 11.6 Å². The van der Waals surface area contributed by atoms with E-state index in [1.807, 2.05) is 48.5 Å². The predicted octanol–water partition coefficient (Wildman–Crippen LogP) is 2.52. The number of hydrogen-bond acceptors (Lipinski definition) is 4. The maximum absolute atomic E-state index is 12.5. The second-order valence-electron chi connectivity index (χ2n) is 5.48. The first-order valence-electron chi connectivity index (χ1n) is 7.26. The minimum Gasteiger partial charge on any atom is -0.411 e. The summed E-state index contributed by atoms with van der Waals surface area (Å²) >= 11 is 0. The van der Waals surface area contributed by atoms with Crippen LogP contribution in [0, 0.1) is 0 Å². The molecule has 2 N–H and O–H groups in total. The first-order valence-corrected chi connectivity index (χ1v) is 7.26. The highest BCUT2D eigenvalue weighted by Crippen LogP contribution is 2.39. The van der Waals surface area contributed by atoms with E-state index in [0.29, 0.717) is 24.2 Å². The molecule has 2 aromatic rings. The number of hydrogen-bond donors (Lipinski definition) is 2. The van der Waals surface area contributed by atoms with Crippen LogP contribution >= 0.6 is 0 Å². The summed E-state index contributed by atoms with van der Waals surface area (Å²) in [5.41, 5.74) is 4.00. The zero-order valence-electron chi connectivity index (χ0n) is 11.9. The number of benzene rings is 2. The molecule has 5 nitrogen and oxygen atoms in total. The van der Waals surface area contributed by atoms with Crippen molar-refractivity contribution in [3.63, 3.8) is 0 Å². The molecule has 2 aromatic carbocycles. The summed E-state index contributed by atoms with van der Waals surface area (Å²) in [5, 5.41) is 15.7. The molecule has 0 spiro atoms. The third-order valence-electron chi connectivity index (χ3n) is 4.28. The molecule has 0 bridgehead atoms. The first-order chi connectivity index (χ1) is 10.8. The Balaban J connectivity index is 1.90. The number of carbonyl (C=O) groups is 1. The summed E-state index contributed by atoms with van der Waals surface area (Å²) in [6.45, 7) is 0.698. The van der Waals surface area contributed by atoms with E-state index < -0.39 is 0 Å². The zero-order valence-corrected chi connectivity index (χ0v) is 11.9. The Labute approximate surface area is 127 Å². The Kier molecular flexibility index (Phi) is 2.85. The van der Waals surface area contributed by atoms with E-state index in [1.165, 1.54) is 0 Å². The van der Waals surface area contributed by atoms with Gasteiger partial charge in [0.25, 0.3) is 5.91 Å². The van der Waals surface area contributed by atoms with Crippen molar-refractivity contribution >= 4 is 17.3 Å². The van der Waals surface area contributed by atoms with Gasteiger partial charge >= 0.3 is 0 Å². The van der Waals surface area contributed by atoms with E-state index in [4.69, 9.17) is 0 Å². The second-order valence-corrected chi connectivity index (χ2v) is 5.48. The van der Waals surface area contributed by atoms with Gasteiger partial charge in [0.05, 0.1) is 17.0 Å². The van der Waals surface area contributed by atoms with Crippen LogP contribution in [0.5, 0.6) is 0 Å². The fourth-order valence-corrected chi connectivity index (χ4v) is 3.28. The number of nitrogens with zero attached hydrogens (tertiary/aromatic N) is 2. The molecule has 1 atom stereocenters. The molecule has 5 heteroatoms. The predicted molar refractivity (Wildman–Crippen MR) is 83.4 cm³/mol. The van der Waals surface area contributed by atoms with Gasteiger partial charge in [0.15, 0.2) is 0 Å². The lowest BCUT2D eigenvalue weighted by Crippen LogP contribution is -2.49. The minimum absolute atomic E-state index is 0.0962. The number of para-hydroxylation sites is 1. The van der Waals surface area contributed by atoms with Gasteiger partial charge in [-0.25, -0.2) is 0 Å². The monoisotopic (exact) mass is 293 g/mol. The van der Waals surface area contributed by atoms with Gasteiger partial charge < -0.3 is 15.4 Å². The maximum Gasteiger partial charge on any atom is 0.255 e. The average Bonchev–Trinajstić information content (AvgIpc) is 2.58. The van der Waals surface area contributed by atoms with Crippen LogP contribution in [-0.4, -0.2) is 23.4 Å². The van der Waals surface area contributed by atoms with Gasteiger partial charge in [-0.1, -0.05) is 47.6 Å². The second kappa shape index (κ2) is 4.87. The van der Waals surface area contributed by atoms with Crippen LogP contribution in [0.4, 0.5) is 5.69 Å². The summed E-state index contributed by atoms with van der Waals surface area (Å²) in [4.78, 5) is 14.6. The molecule has 2 aliphatic heterocycles. The van der Waals surface area contributed by atoms with Gasteiger partial charge in [-0.2, -0.15) is 0 Å². The number of carbonyl (C=O) groups excluding carboxylic acids is 1. The molecule has 0 fully saturated rings. The largest absolute Gasteiger partial charge is 0.411 e. The number of anilines is 1. The van der Waals surface area contributed by atoms with Crippen LogP contribution in [0.3, 0.4) is 0 Å². The van der Waals surface area contributed by atoms with Gasteiger partial charge in [0, 0.05) is 18.5 Å². The van der Waals surface area contributed by atoms with Crippen molar-refractivity contribution < 1.29 is 10.0 Å². The fourth-order valence-electron chi connectivity index (χ4n) is 3.28. The fraction of sp³-hybridized carbons (Fsp3) is 0.176. The highest BCUT2D eigenvalue weighted by molar-refractivity contribution is 6.13. The minimum atomic E-state index is -0.192. The number of amides is 1. The molecule has 0 saturated carbocycles. The number of oxime groups is 1. The quantitative estimate of drug-likeness (QED) is 0.627. The summed E-state index contributed by atoms with van der Waals surface area (Å²) < 4.78 is 0. The molecule has 0 aliphatic carbocycles. The van der Waals surface area contributed by atoms with Crippen LogP contribution in [0.2, 0.25) is 0 Å². The Bertz CT molecular complexity index is 771. The standard InChI is InChI=1S/C17H15N3O2/c21-17-13-8-4-7-12-14(19-22)9-10-20(15(12)13)16(18-17)11-5-2-1-3-6-11/h1-8,16,22H,9-10H2,(H,18,21). The number of nitrogens with one attached hydrogen (secondary N) is 1. The number of rotatable bonds is 1. The molecule has 1 unspecified atom stereocenters. The molecule has 1 amide bonds. The molecule has 2 heterocycles. The van der Waals surface area contributed by atoms with Crippen LogP contribution in [-0.2, 0) is 0 Å². The lowest BCUT2D eigenvalue weighted by Gasteiger charge is -2.42. The van der Waals surface area contributed by atoms with Crippen LogP contribution in [0.15, 0.2) is 53.7 Å². The molecule has 0 saturated heterocycles. The van der Waals surface area contributed by atoms with Gasteiger partial charge in [0.2, 0.25) is 0 Å². The molecule has 2 aliphatic rings. The maximum atomic E-state index is 12.5. The average molecular weight is 293 g/mol. The third-order valence-corrected chi connectivity index (χ3v) is 4.28. The molecule has 22 heavy (non-hydrogen) atoms. The Morgan fingerprint density at radius 2 is 1.86 bits per heavy atom. The topological polar surface area (TPSA) is 64.9 Å². The van der Waals surface area contributed by atoms with Crippen molar-refractivity contribution in [1.29, 1.82) is 0 Å². The van der Waals surface area contributed by atoms with Crippen molar-refractivity contribution in [1.82, 2.24) is 5.32 Å². The van der Waals surface area contributed by atoms with Crippen molar-refractivity contribution in [2.45, 2.75) is 12.6 Å². The van der Waals surface area contributed by atoms with Crippen LogP contribution < -0.4 is 10.2 Å². The van der Waals surface area contributed by atoms with E-state index in [9.17, 15) is 10.0 Å². The van der Waals surface area contributed by atoms with E-state index in [0.717, 1.165) is 16.8 Å². The van der Waals surface area contributed by atoms with Crippen LogP contribution in [0.1, 0.15) is 34.1 Å². The molecule has 4 rings (SSSR count). The third kappa shape index (κ3) is 1.79. The molecule has 110 valence electrons. The van der Waals surface area contributed by atoms with Crippen molar-refractivity contribution in [2.24, 2.45) is 5.16 Å². The van der Waals surface area contributed by atoms with Crippen molar-refractivity contribution in [3.05, 3.63) is 65.2 Å². The summed E-state index contributed by atoms with van der Waals surface area (Å²) in [7, 11) is 0. The smallest absolute Gasteiger partial charge is 0.255 e. The van der Waals surface area contributed by atoms with E-state index in [1.54, 1.807) is 0 Å². The molecule has 0 aromatic heterocycles. The lowest BCUT2D eigenvalue weighted by atomic mass is 9.92. The van der Waals surface area contributed by atoms with E-state index >= 15 is 0 Å². The van der Waals surface area contributed by atoms with Gasteiger partial charge in [-0.3, -0.25) is 4.79 Å². The summed E-state index contributed by atoms with van der Waals surface area (Å²) in [5.74, 6) is -0.0962. The van der Waals surface area contributed by atoms with E-state index in [-0.39, 0.29) is 12.1 Å².